The van der Waals surface area contributed by atoms with Gasteiger partial charge in [0.2, 0.25) is 0 Å². The van der Waals surface area contributed by atoms with Crippen molar-refractivity contribution < 1.29 is 5.11 Å². The van der Waals surface area contributed by atoms with Gasteiger partial charge in [0.05, 0.1) is 5.52 Å². The van der Waals surface area contributed by atoms with Gasteiger partial charge in [0.25, 0.3) is 5.56 Å². The van der Waals surface area contributed by atoms with E-state index in [4.69, 9.17) is 0 Å². The first-order valence-corrected chi connectivity index (χ1v) is 11.9. The predicted octanol–water partition coefficient (Wildman–Crippen LogP) is 6.26. The van der Waals surface area contributed by atoms with Crippen molar-refractivity contribution in [2.24, 2.45) is 0 Å². The standard InChI is InChI=1S/C26H30N2O2S/c1-5-17(15-28(6-2)7-3)18-8-10-19(11-9-18)22-21(29)14-16(4)24-23(22)20-12-13-31-25(20)26(30)27-24/h8-14,17,29H,5-7,15H2,1-4H3,(H,27,30). The first-order valence-electron chi connectivity index (χ1n) is 11.1. The Morgan fingerprint density at radius 1 is 1.10 bits per heavy atom. The van der Waals surface area contributed by atoms with Crippen LogP contribution in [0.3, 0.4) is 0 Å². The zero-order valence-electron chi connectivity index (χ0n) is 18.7. The summed E-state index contributed by atoms with van der Waals surface area (Å²) in [7, 11) is 0. The molecule has 31 heavy (non-hydrogen) atoms. The van der Waals surface area contributed by atoms with Crippen LogP contribution in [0, 0.1) is 6.92 Å². The molecule has 2 heterocycles. The van der Waals surface area contributed by atoms with Crippen LogP contribution in [0.4, 0.5) is 0 Å². The van der Waals surface area contributed by atoms with E-state index in [0.29, 0.717) is 10.6 Å². The van der Waals surface area contributed by atoms with Crippen molar-refractivity contribution in [3.63, 3.8) is 0 Å². The van der Waals surface area contributed by atoms with Gasteiger partial charge >= 0.3 is 0 Å². The Bertz CT molecular complexity index is 1270. The van der Waals surface area contributed by atoms with Crippen LogP contribution in [0.2, 0.25) is 0 Å². The van der Waals surface area contributed by atoms with E-state index in [0.717, 1.165) is 59.0 Å². The highest BCUT2D eigenvalue weighted by Crippen LogP contribution is 2.41. The Morgan fingerprint density at radius 2 is 1.81 bits per heavy atom. The van der Waals surface area contributed by atoms with Gasteiger partial charge in [-0.15, -0.1) is 11.3 Å². The van der Waals surface area contributed by atoms with Gasteiger partial charge in [-0.3, -0.25) is 4.79 Å². The van der Waals surface area contributed by atoms with Gasteiger partial charge in [-0.2, -0.15) is 0 Å². The third-order valence-corrected chi connectivity index (χ3v) is 7.33. The molecule has 5 heteroatoms. The van der Waals surface area contributed by atoms with E-state index in [1.165, 1.54) is 16.9 Å². The van der Waals surface area contributed by atoms with Crippen molar-refractivity contribution in [3.05, 3.63) is 63.3 Å². The highest BCUT2D eigenvalue weighted by molar-refractivity contribution is 7.17. The molecule has 4 aromatic rings. The van der Waals surface area contributed by atoms with Gasteiger partial charge in [-0.05, 0) is 66.6 Å². The molecular formula is C26H30N2O2S. The lowest BCUT2D eigenvalue weighted by Crippen LogP contribution is -2.28. The first kappa shape index (κ1) is 21.6. The predicted molar refractivity (Wildman–Crippen MR) is 133 cm³/mol. The van der Waals surface area contributed by atoms with Crippen molar-refractivity contribution in [1.29, 1.82) is 0 Å². The summed E-state index contributed by atoms with van der Waals surface area (Å²) >= 11 is 1.43. The Labute approximate surface area is 187 Å². The second-order valence-electron chi connectivity index (χ2n) is 8.17. The van der Waals surface area contributed by atoms with Crippen LogP contribution in [0.5, 0.6) is 5.75 Å². The molecule has 0 saturated carbocycles. The minimum atomic E-state index is -0.0743. The fraction of sp³-hybridized carbons (Fsp3) is 0.346. The summed E-state index contributed by atoms with van der Waals surface area (Å²) in [6, 6.07) is 12.3. The lowest BCUT2D eigenvalue weighted by atomic mass is 9.91. The second-order valence-corrected chi connectivity index (χ2v) is 9.08. The van der Waals surface area contributed by atoms with Crippen molar-refractivity contribution in [3.8, 4) is 16.9 Å². The monoisotopic (exact) mass is 434 g/mol. The Balaban J connectivity index is 1.84. The molecule has 0 radical (unpaired) electrons. The van der Waals surface area contributed by atoms with E-state index in [-0.39, 0.29) is 11.3 Å². The quantitative estimate of drug-likeness (QED) is 0.361. The van der Waals surface area contributed by atoms with E-state index in [1.54, 1.807) is 6.07 Å². The number of benzene rings is 2. The maximum absolute atomic E-state index is 12.5. The van der Waals surface area contributed by atoms with Gasteiger partial charge in [0.15, 0.2) is 0 Å². The summed E-state index contributed by atoms with van der Waals surface area (Å²) in [6.07, 6.45) is 1.09. The molecule has 0 fully saturated rings. The average molecular weight is 435 g/mol. The highest BCUT2D eigenvalue weighted by atomic mass is 32.1. The number of hydrogen-bond donors (Lipinski definition) is 2. The first-order chi connectivity index (χ1) is 15.0. The molecule has 0 aliphatic heterocycles. The van der Waals surface area contributed by atoms with E-state index in [9.17, 15) is 9.90 Å². The van der Waals surface area contributed by atoms with E-state index >= 15 is 0 Å². The number of nitrogens with one attached hydrogen (secondary N) is 1. The number of aromatic nitrogens is 1. The summed E-state index contributed by atoms with van der Waals surface area (Å²) in [5.41, 5.74) is 4.65. The van der Waals surface area contributed by atoms with E-state index < -0.39 is 0 Å². The van der Waals surface area contributed by atoms with Gasteiger partial charge in [0, 0.05) is 22.9 Å². The lowest BCUT2D eigenvalue weighted by molar-refractivity contribution is 0.280. The number of aryl methyl sites for hydroxylation is 1. The summed E-state index contributed by atoms with van der Waals surface area (Å²) in [5.74, 6) is 0.727. The Hall–Kier alpha value is -2.63. The van der Waals surface area contributed by atoms with Gasteiger partial charge < -0.3 is 15.0 Å². The minimum absolute atomic E-state index is 0.0743. The topological polar surface area (TPSA) is 56.3 Å². The number of thiophene rings is 1. The number of nitrogens with zero attached hydrogens (tertiary/aromatic N) is 1. The number of H-pyrrole nitrogens is 1. The normalized spacial score (nSPS) is 12.8. The summed E-state index contributed by atoms with van der Waals surface area (Å²) < 4.78 is 0.695. The third kappa shape index (κ3) is 3.88. The number of aromatic amines is 1. The average Bonchev–Trinajstić information content (AvgIpc) is 3.27. The number of phenols is 1. The molecule has 1 atom stereocenters. The number of phenolic OH excluding ortho intramolecular Hbond substituents is 1. The smallest absolute Gasteiger partial charge is 0.266 e. The largest absolute Gasteiger partial charge is 0.507 e. The summed E-state index contributed by atoms with van der Waals surface area (Å²) in [5, 5.41) is 14.7. The van der Waals surface area contributed by atoms with Crippen LogP contribution in [-0.4, -0.2) is 34.6 Å². The lowest BCUT2D eigenvalue weighted by Gasteiger charge is -2.25. The van der Waals surface area contributed by atoms with Crippen LogP contribution in [-0.2, 0) is 0 Å². The number of fused-ring (bicyclic) bond motifs is 3. The molecular weight excluding hydrogens is 404 g/mol. The number of hydrogen-bond acceptors (Lipinski definition) is 4. The van der Waals surface area contributed by atoms with Crippen molar-refractivity contribution in [2.75, 3.05) is 19.6 Å². The number of aromatic hydroxyl groups is 1. The molecule has 0 spiro atoms. The molecule has 0 bridgehead atoms. The SMILES string of the molecule is CCC(CN(CC)CC)c1ccc(-c2c(O)cc(C)c3[nH]c(=O)c4sccc4c23)cc1. The van der Waals surface area contributed by atoms with E-state index in [2.05, 4.69) is 54.9 Å². The zero-order valence-corrected chi connectivity index (χ0v) is 19.5. The van der Waals surface area contributed by atoms with Gasteiger partial charge in [-0.25, -0.2) is 0 Å². The molecule has 2 aromatic heterocycles. The number of rotatable bonds is 7. The maximum atomic E-state index is 12.5. The van der Waals surface area contributed by atoms with Crippen molar-refractivity contribution in [2.45, 2.75) is 40.0 Å². The highest BCUT2D eigenvalue weighted by Gasteiger charge is 2.18. The molecule has 0 aliphatic carbocycles. The van der Waals surface area contributed by atoms with Crippen LogP contribution < -0.4 is 5.56 Å². The van der Waals surface area contributed by atoms with Crippen LogP contribution in [0.25, 0.3) is 32.1 Å². The molecule has 1 unspecified atom stereocenters. The molecule has 0 amide bonds. The molecule has 0 saturated heterocycles. The molecule has 4 rings (SSSR count). The fourth-order valence-corrected chi connectivity index (χ4v) is 5.36. The second kappa shape index (κ2) is 8.85. The van der Waals surface area contributed by atoms with E-state index in [1.807, 2.05) is 18.4 Å². The summed E-state index contributed by atoms with van der Waals surface area (Å²) in [6.45, 7) is 11.7. The van der Waals surface area contributed by atoms with Crippen LogP contribution in [0.15, 0.2) is 46.6 Å². The van der Waals surface area contributed by atoms with Crippen LogP contribution >= 0.6 is 11.3 Å². The molecule has 0 aliphatic rings. The molecule has 2 aromatic carbocycles. The van der Waals surface area contributed by atoms with Crippen molar-refractivity contribution in [1.82, 2.24) is 9.88 Å². The summed E-state index contributed by atoms with van der Waals surface area (Å²) in [4.78, 5) is 18.0. The maximum Gasteiger partial charge on any atom is 0.266 e. The fourth-order valence-electron chi connectivity index (χ4n) is 4.56. The minimum Gasteiger partial charge on any atom is -0.507 e. The number of pyridine rings is 1. The molecule has 162 valence electrons. The Morgan fingerprint density at radius 3 is 2.45 bits per heavy atom. The third-order valence-electron chi connectivity index (χ3n) is 6.42. The number of likely N-dealkylation sites (N-methyl/N-ethyl adjacent to an activating group) is 1. The molecule has 2 N–H and O–H groups in total. The zero-order chi connectivity index (χ0) is 22.1. The molecule has 4 nitrogen and oxygen atoms in total. The van der Waals surface area contributed by atoms with Gasteiger partial charge in [-0.1, -0.05) is 45.0 Å². The van der Waals surface area contributed by atoms with Crippen LogP contribution in [0.1, 0.15) is 44.2 Å². The Kier molecular flexibility index (Phi) is 6.17. The van der Waals surface area contributed by atoms with Crippen molar-refractivity contribution >= 4 is 32.3 Å². The van der Waals surface area contributed by atoms with Gasteiger partial charge in [0.1, 0.15) is 10.4 Å².